The van der Waals surface area contributed by atoms with Crippen molar-refractivity contribution < 1.29 is 13.5 Å². The fourth-order valence-electron chi connectivity index (χ4n) is 2.36. The highest BCUT2D eigenvalue weighted by Gasteiger charge is 2.47. The quantitative estimate of drug-likeness (QED) is 0.742. The molecule has 2 atom stereocenters. The number of aryl methyl sites for hydroxylation is 1. The van der Waals surface area contributed by atoms with Gasteiger partial charge in [-0.3, -0.25) is 4.68 Å². The Morgan fingerprint density at radius 1 is 1.71 bits per heavy atom. The fourth-order valence-corrected chi connectivity index (χ4v) is 4.52. The summed E-state index contributed by atoms with van der Waals surface area (Å²) in [6.07, 6.45) is 2.76. The van der Waals surface area contributed by atoms with Crippen LogP contribution in [0.4, 0.5) is 0 Å². The van der Waals surface area contributed by atoms with Crippen molar-refractivity contribution in [2.75, 3.05) is 18.1 Å². The van der Waals surface area contributed by atoms with E-state index in [1.165, 1.54) is 0 Å². The van der Waals surface area contributed by atoms with E-state index in [-0.39, 0.29) is 18.1 Å². The van der Waals surface area contributed by atoms with Crippen LogP contribution in [0.5, 0.6) is 0 Å². The standard InChI is InChI=1S/C10H17N3O3S/c1-13-5-8(4-12-13)9(14)10(6-11)2-3-17(15,16)7-10/h4-5,9,14H,2-3,6-7,11H2,1H3. The minimum atomic E-state index is -3.08. The maximum Gasteiger partial charge on any atom is 0.151 e. The highest BCUT2D eigenvalue weighted by atomic mass is 32.2. The molecule has 1 aromatic heterocycles. The lowest BCUT2D eigenvalue weighted by Gasteiger charge is -2.30. The predicted octanol–water partition coefficient (Wildman–Crippen LogP) is -0.783. The van der Waals surface area contributed by atoms with E-state index in [1.54, 1.807) is 24.1 Å². The maximum absolute atomic E-state index is 11.6. The zero-order valence-electron chi connectivity index (χ0n) is 9.70. The lowest BCUT2D eigenvalue weighted by molar-refractivity contribution is 0.0471. The lowest BCUT2D eigenvalue weighted by atomic mass is 9.79. The summed E-state index contributed by atoms with van der Waals surface area (Å²) in [6, 6.07) is 0. The number of rotatable bonds is 3. The van der Waals surface area contributed by atoms with Gasteiger partial charge in [-0.1, -0.05) is 0 Å². The van der Waals surface area contributed by atoms with Gasteiger partial charge in [0.1, 0.15) is 0 Å². The summed E-state index contributed by atoms with van der Waals surface area (Å²) in [5.74, 6) is 0.0497. The van der Waals surface area contributed by atoms with Crippen LogP contribution in [0.3, 0.4) is 0 Å². The summed E-state index contributed by atoms with van der Waals surface area (Å²) in [5, 5.41) is 14.3. The SMILES string of the molecule is Cn1cc(C(O)C2(CN)CCS(=O)(=O)C2)cn1. The molecule has 96 valence electrons. The van der Waals surface area contributed by atoms with Crippen LogP contribution in [0, 0.1) is 5.41 Å². The van der Waals surface area contributed by atoms with Crippen molar-refractivity contribution in [2.24, 2.45) is 18.2 Å². The monoisotopic (exact) mass is 259 g/mol. The zero-order chi connectivity index (χ0) is 12.7. The molecule has 2 unspecified atom stereocenters. The third-order valence-electron chi connectivity index (χ3n) is 3.45. The van der Waals surface area contributed by atoms with E-state index in [0.29, 0.717) is 12.0 Å². The van der Waals surface area contributed by atoms with Gasteiger partial charge in [-0.05, 0) is 6.42 Å². The number of hydrogen-bond acceptors (Lipinski definition) is 5. The molecule has 1 fully saturated rings. The van der Waals surface area contributed by atoms with Crippen LogP contribution in [-0.4, -0.2) is 41.4 Å². The molecule has 1 aliphatic heterocycles. The number of hydrogen-bond donors (Lipinski definition) is 2. The maximum atomic E-state index is 11.6. The van der Waals surface area contributed by atoms with Crippen LogP contribution >= 0.6 is 0 Å². The van der Waals surface area contributed by atoms with Gasteiger partial charge < -0.3 is 10.8 Å². The minimum absolute atomic E-state index is 0.0490. The molecule has 0 spiro atoms. The second-order valence-electron chi connectivity index (χ2n) is 4.76. The molecule has 2 rings (SSSR count). The fraction of sp³-hybridized carbons (Fsp3) is 0.700. The van der Waals surface area contributed by atoms with Gasteiger partial charge in [0.05, 0.1) is 23.8 Å². The Morgan fingerprint density at radius 3 is 2.82 bits per heavy atom. The average molecular weight is 259 g/mol. The molecule has 0 bridgehead atoms. The van der Waals surface area contributed by atoms with E-state index < -0.39 is 21.4 Å². The molecule has 1 aromatic rings. The molecular weight excluding hydrogens is 242 g/mol. The first-order chi connectivity index (χ1) is 7.88. The molecule has 0 aliphatic carbocycles. The van der Waals surface area contributed by atoms with Crippen molar-refractivity contribution in [3.05, 3.63) is 18.0 Å². The van der Waals surface area contributed by atoms with E-state index in [4.69, 9.17) is 5.73 Å². The first kappa shape index (κ1) is 12.5. The highest BCUT2D eigenvalue weighted by molar-refractivity contribution is 7.91. The van der Waals surface area contributed by atoms with Crippen molar-refractivity contribution in [1.82, 2.24) is 9.78 Å². The van der Waals surface area contributed by atoms with Gasteiger partial charge in [0, 0.05) is 30.8 Å². The summed E-state index contributed by atoms with van der Waals surface area (Å²) in [5.41, 5.74) is 5.54. The Labute approximate surface area is 100 Å². The molecule has 17 heavy (non-hydrogen) atoms. The second kappa shape index (κ2) is 4.08. The van der Waals surface area contributed by atoms with Crippen LogP contribution in [0.25, 0.3) is 0 Å². The summed E-state index contributed by atoms with van der Waals surface area (Å²) < 4.78 is 24.7. The van der Waals surface area contributed by atoms with Crippen LogP contribution < -0.4 is 5.73 Å². The van der Waals surface area contributed by atoms with Crippen molar-refractivity contribution in [1.29, 1.82) is 0 Å². The highest BCUT2D eigenvalue weighted by Crippen LogP contribution is 2.42. The average Bonchev–Trinajstić information content (AvgIpc) is 2.82. The third-order valence-corrected chi connectivity index (χ3v) is 5.29. The normalized spacial score (nSPS) is 29.4. The Bertz CT molecular complexity index is 511. The Kier molecular flexibility index (Phi) is 3.01. The molecule has 0 radical (unpaired) electrons. The van der Waals surface area contributed by atoms with Crippen molar-refractivity contribution in [2.45, 2.75) is 12.5 Å². The second-order valence-corrected chi connectivity index (χ2v) is 6.94. The largest absolute Gasteiger partial charge is 0.388 e. The van der Waals surface area contributed by atoms with Crippen LogP contribution in [-0.2, 0) is 16.9 Å². The predicted molar refractivity (Wildman–Crippen MR) is 62.9 cm³/mol. The minimum Gasteiger partial charge on any atom is -0.388 e. The summed E-state index contributed by atoms with van der Waals surface area (Å²) >= 11 is 0. The van der Waals surface area contributed by atoms with Crippen LogP contribution in [0.15, 0.2) is 12.4 Å². The molecule has 7 heteroatoms. The van der Waals surface area contributed by atoms with Gasteiger partial charge in [0.15, 0.2) is 9.84 Å². The van der Waals surface area contributed by atoms with Crippen LogP contribution in [0.2, 0.25) is 0 Å². The smallest absolute Gasteiger partial charge is 0.151 e. The van der Waals surface area contributed by atoms with Gasteiger partial charge >= 0.3 is 0 Å². The first-order valence-corrected chi connectivity index (χ1v) is 7.28. The van der Waals surface area contributed by atoms with Crippen molar-refractivity contribution >= 4 is 9.84 Å². The van der Waals surface area contributed by atoms with Crippen LogP contribution in [0.1, 0.15) is 18.1 Å². The molecule has 1 saturated heterocycles. The van der Waals surface area contributed by atoms with Gasteiger partial charge in [-0.25, -0.2) is 8.42 Å². The number of nitrogens with zero attached hydrogens (tertiary/aromatic N) is 2. The van der Waals surface area contributed by atoms with E-state index in [9.17, 15) is 13.5 Å². The number of aliphatic hydroxyl groups is 1. The van der Waals surface area contributed by atoms with E-state index >= 15 is 0 Å². The number of aromatic nitrogens is 2. The molecule has 0 aromatic carbocycles. The lowest BCUT2D eigenvalue weighted by Crippen LogP contribution is -2.37. The number of nitrogens with two attached hydrogens (primary N) is 1. The van der Waals surface area contributed by atoms with Gasteiger partial charge in [-0.15, -0.1) is 0 Å². The van der Waals surface area contributed by atoms with Gasteiger partial charge in [0.25, 0.3) is 0 Å². The van der Waals surface area contributed by atoms with Gasteiger partial charge in [-0.2, -0.15) is 5.10 Å². The molecule has 3 N–H and O–H groups in total. The Balaban J connectivity index is 2.31. The molecule has 0 amide bonds. The molecule has 6 nitrogen and oxygen atoms in total. The van der Waals surface area contributed by atoms with Gasteiger partial charge in [0.2, 0.25) is 0 Å². The molecule has 1 aliphatic rings. The van der Waals surface area contributed by atoms with E-state index in [2.05, 4.69) is 5.10 Å². The molecule has 2 heterocycles. The Hall–Kier alpha value is -0.920. The van der Waals surface area contributed by atoms with E-state index in [0.717, 1.165) is 0 Å². The third kappa shape index (κ3) is 2.22. The summed E-state index contributed by atoms with van der Waals surface area (Å²) in [7, 11) is -1.33. The number of sulfone groups is 1. The summed E-state index contributed by atoms with van der Waals surface area (Å²) in [4.78, 5) is 0. The molecular formula is C10H17N3O3S. The zero-order valence-corrected chi connectivity index (χ0v) is 10.5. The molecule has 0 saturated carbocycles. The van der Waals surface area contributed by atoms with E-state index in [1.807, 2.05) is 0 Å². The Morgan fingerprint density at radius 2 is 2.41 bits per heavy atom. The summed E-state index contributed by atoms with van der Waals surface area (Å²) in [6.45, 7) is 0.155. The topological polar surface area (TPSA) is 98.2 Å². The number of aliphatic hydroxyl groups excluding tert-OH is 1. The van der Waals surface area contributed by atoms with Crippen molar-refractivity contribution in [3.63, 3.8) is 0 Å². The first-order valence-electron chi connectivity index (χ1n) is 5.46. The van der Waals surface area contributed by atoms with Crippen molar-refractivity contribution in [3.8, 4) is 0 Å².